The molecule has 1 amide bonds. The zero-order chi connectivity index (χ0) is 11.1. The molecule has 3 aromatic rings. The number of amides is 1. The van der Waals surface area contributed by atoms with E-state index in [1.807, 2.05) is 0 Å². The first-order valence-corrected chi connectivity index (χ1v) is 4.57. The Balaban J connectivity index is 2.38. The topological polar surface area (TPSA) is 112 Å². The van der Waals surface area contributed by atoms with Crippen molar-refractivity contribution in [1.29, 1.82) is 0 Å². The van der Waals surface area contributed by atoms with Gasteiger partial charge in [0, 0.05) is 6.92 Å². The Hall–Kier alpha value is -2.51. The van der Waals surface area contributed by atoms with Gasteiger partial charge in [0.2, 0.25) is 5.91 Å². The Morgan fingerprint density at radius 2 is 1.81 bits per heavy atom. The highest BCUT2D eigenvalue weighted by Gasteiger charge is 2.13. The quantitative estimate of drug-likeness (QED) is 0.538. The van der Waals surface area contributed by atoms with Crippen molar-refractivity contribution in [3.8, 4) is 0 Å². The molecule has 2 aromatic heterocycles. The van der Waals surface area contributed by atoms with Gasteiger partial charge in [-0.15, -0.1) is 0 Å². The number of hydrogen-bond acceptors (Lipinski definition) is 5. The second kappa shape index (κ2) is 2.99. The van der Waals surface area contributed by atoms with Crippen LogP contribution in [-0.2, 0) is 4.79 Å². The van der Waals surface area contributed by atoms with Crippen LogP contribution in [0.4, 0.5) is 5.69 Å². The number of fused-ring (bicyclic) bond motifs is 3. The molecule has 16 heavy (non-hydrogen) atoms. The number of aromatic nitrogens is 6. The van der Waals surface area contributed by atoms with Crippen LogP contribution in [0.3, 0.4) is 0 Å². The van der Waals surface area contributed by atoms with E-state index in [4.69, 9.17) is 0 Å². The first-order chi connectivity index (χ1) is 7.75. The van der Waals surface area contributed by atoms with Crippen LogP contribution < -0.4 is 5.32 Å². The van der Waals surface area contributed by atoms with E-state index in [0.29, 0.717) is 27.8 Å². The Bertz CT molecular complexity index is 682. The molecular weight excluding hydrogens is 210 g/mol. The lowest BCUT2D eigenvalue weighted by atomic mass is 10.2. The molecule has 3 N–H and O–H groups in total. The number of rotatable bonds is 1. The molecule has 3 rings (SSSR count). The number of carbonyl (C=O) groups excluding carboxylic acids is 1. The monoisotopic (exact) mass is 217 g/mol. The predicted molar refractivity (Wildman–Crippen MR) is 55.6 cm³/mol. The third-order valence-corrected chi connectivity index (χ3v) is 2.19. The fraction of sp³-hybridized carbons (Fsp3) is 0.125. The lowest BCUT2D eigenvalue weighted by molar-refractivity contribution is -0.114. The number of aromatic amines is 2. The molecule has 0 aliphatic carbocycles. The Kier molecular flexibility index (Phi) is 1.64. The van der Waals surface area contributed by atoms with Crippen LogP contribution in [0.1, 0.15) is 6.92 Å². The molecule has 8 nitrogen and oxygen atoms in total. The molecular formula is C8H7N7O. The summed E-state index contributed by atoms with van der Waals surface area (Å²) < 4.78 is 0. The van der Waals surface area contributed by atoms with E-state index in [9.17, 15) is 4.79 Å². The van der Waals surface area contributed by atoms with Crippen molar-refractivity contribution in [1.82, 2.24) is 30.8 Å². The van der Waals surface area contributed by atoms with Crippen LogP contribution in [0.25, 0.3) is 22.1 Å². The van der Waals surface area contributed by atoms with Crippen molar-refractivity contribution < 1.29 is 4.79 Å². The van der Waals surface area contributed by atoms with Crippen LogP contribution in [0.15, 0.2) is 6.07 Å². The van der Waals surface area contributed by atoms with Gasteiger partial charge < -0.3 is 5.32 Å². The first-order valence-electron chi connectivity index (χ1n) is 4.57. The van der Waals surface area contributed by atoms with Crippen molar-refractivity contribution in [2.45, 2.75) is 6.92 Å². The number of anilines is 1. The number of nitrogens with zero attached hydrogens (tertiary/aromatic N) is 4. The fourth-order valence-corrected chi connectivity index (χ4v) is 1.59. The van der Waals surface area contributed by atoms with Gasteiger partial charge in [-0.1, -0.05) is 0 Å². The van der Waals surface area contributed by atoms with Crippen LogP contribution >= 0.6 is 0 Å². The highest BCUT2D eigenvalue weighted by Crippen LogP contribution is 2.26. The average Bonchev–Trinajstić information content (AvgIpc) is 2.82. The molecule has 0 atom stereocenters. The Morgan fingerprint density at radius 3 is 2.62 bits per heavy atom. The zero-order valence-corrected chi connectivity index (χ0v) is 8.27. The number of benzene rings is 1. The van der Waals surface area contributed by atoms with Gasteiger partial charge in [-0.2, -0.15) is 30.8 Å². The molecule has 0 unspecified atom stereocenters. The van der Waals surface area contributed by atoms with Gasteiger partial charge in [-0.3, -0.25) is 4.79 Å². The van der Waals surface area contributed by atoms with Gasteiger partial charge >= 0.3 is 0 Å². The molecule has 0 saturated carbocycles. The molecule has 0 spiro atoms. The molecule has 0 bridgehead atoms. The molecule has 80 valence electrons. The minimum atomic E-state index is -0.174. The van der Waals surface area contributed by atoms with Crippen LogP contribution in [0.5, 0.6) is 0 Å². The summed E-state index contributed by atoms with van der Waals surface area (Å²) in [5.74, 6) is -0.174. The van der Waals surface area contributed by atoms with Crippen molar-refractivity contribution in [3.05, 3.63) is 6.07 Å². The van der Waals surface area contributed by atoms with E-state index in [0.717, 1.165) is 0 Å². The summed E-state index contributed by atoms with van der Waals surface area (Å²) in [6.45, 7) is 1.43. The largest absolute Gasteiger partial charge is 0.324 e. The summed E-state index contributed by atoms with van der Waals surface area (Å²) >= 11 is 0. The molecule has 1 aromatic carbocycles. The lowest BCUT2D eigenvalue weighted by Gasteiger charge is -2.01. The van der Waals surface area contributed by atoms with Crippen LogP contribution in [0, 0.1) is 0 Å². The summed E-state index contributed by atoms with van der Waals surface area (Å²) in [6.07, 6.45) is 0. The summed E-state index contributed by atoms with van der Waals surface area (Å²) in [7, 11) is 0. The van der Waals surface area contributed by atoms with E-state index in [1.165, 1.54) is 6.92 Å². The molecule has 0 radical (unpaired) electrons. The second-order valence-electron chi connectivity index (χ2n) is 3.32. The first kappa shape index (κ1) is 8.77. The highest BCUT2D eigenvalue weighted by atomic mass is 16.1. The van der Waals surface area contributed by atoms with E-state index >= 15 is 0 Å². The summed E-state index contributed by atoms with van der Waals surface area (Å²) in [5.41, 5.74) is 2.97. The van der Waals surface area contributed by atoms with Crippen molar-refractivity contribution in [2.24, 2.45) is 0 Å². The molecule has 0 saturated heterocycles. The Labute approximate surface area is 88.4 Å². The number of hydrogen-bond donors (Lipinski definition) is 3. The molecule has 0 aliphatic rings. The number of H-pyrrole nitrogens is 2. The van der Waals surface area contributed by atoms with Gasteiger partial charge in [0.15, 0.2) is 0 Å². The van der Waals surface area contributed by atoms with Crippen LogP contribution in [-0.4, -0.2) is 36.7 Å². The smallest absolute Gasteiger partial charge is 0.221 e. The number of carbonyl (C=O) groups is 1. The van der Waals surface area contributed by atoms with Gasteiger partial charge in [0.05, 0.1) is 5.69 Å². The average molecular weight is 217 g/mol. The van der Waals surface area contributed by atoms with E-state index < -0.39 is 0 Å². The third-order valence-electron chi connectivity index (χ3n) is 2.19. The van der Waals surface area contributed by atoms with Crippen molar-refractivity contribution >= 4 is 33.7 Å². The van der Waals surface area contributed by atoms with E-state index in [-0.39, 0.29) is 5.91 Å². The van der Waals surface area contributed by atoms with E-state index in [2.05, 4.69) is 36.1 Å². The molecule has 8 heteroatoms. The second-order valence-corrected chi connectivity index (χ2v) is 3.32. The fourth-order valence-electron chi connectivity index (χ4n) is 1.59. The highest BCUT2D eigenvalue weighted by molar-refractivity contribution is 6.08. The molecule has 0 aliphatic heterocycles. The summed E-state index contributed by atoms with van der Waals surface area (Å²) in [6, 6.07) is 1.70. The summed E-state index contributed by atoms with van der Waals surface area (Å²) in [4.78, 5) is 11.0. The molecule has 0 fully saturated rings. The van der Waals surface area contributed by atoms with Crippen molar-refractivity contribution in [2.75, 3.05) is 5.32 Å². The minimum Gasteiger partial charge on any atom is -0.324 e. The standard InChI is InChI=1S/C8H7N7O/c1-3(16)9-4-2-5-7(12-14-10-5)8-6(4)11-15-13-8/h2H,1H3,(H,9,16)(H,10,12,14)(H,11,13,15). The maximum Gasteiger partial charge on any atom is 0.221 e. The SMILES string of the molecule is CC(=O)Nc1cc2n[nH]nc2c2n[nH]nc12. The molecule has 2 heterocycles. The summed E-state index contributed by atoms with van der Waals surface area (Å²) in [5, 5.41) is 23.5. The predicted octanol–water partition coefficient (Wildman–Crippen LogP) is 0.188. The minimum absolute atomic E-state index is 0.174. The van der Waals surface area contributed by atoms with Gasteiger partial charge in [0.1, 0.15) is 22.1 Å². The maximum absolute atomic E-state index is 11.0. The van der Waals surface area contributed by atoms with Gasteiger partial charge in [-0.25, -0.2) is 0 Å². The maximum atomic E-state index is 11.0. The zero-order valence-electron chi connectivity index (χ0n) is 8.27. The Morgan fingerprint density at radius 1 is 1.12 bits per heavy atom. The lowest BCUT2D eigenvalue weighted by Crippen LogP contribution is -2.06. The van der Waals surface area contributed by atoms with E-state index in [1.54, 1.807) is 6.07 Å². The van der Waals surface area contributed by atoms with Crippen molar-refractivity contribution in [3.63, 3.8) is 0 Å². The van der Waals surface area contributed by atoms with Gasteiger partial charge in [-0.05, 0) is 6.07 Å². The number of nitrogens with one attached hydrogen (secondary N) is 3. The van der Waals surface area contributed by atoms with Gasteiger partial charge in [0.25, 0.3) is 0 Å². The van der Waals surface area contributed by atoms with Crippen LogP contribution in [0.2, 0.25) is 0 Å². The third kappa shape index (κ3) is 1.13. The normalized spacial score (nSPS) is 11.1.